The van der Waals surface area contributed by atoms with Crippen molar-refractivity contribution in [3.63, 3.8) is 0 Å². The first kappa shape index (κ1) is 17.4. The van der Waals surface area contributed by atoms with Crippen LogP contribution in [0.3, 0.4) is 0 Å². The molecule has 0 atom stereocenters. The van der Waals surface area contributed by atoms with Gasteiger partial charge in [0.1, 0.15) is 0 Å². The normalized spacial score (nSPS) is 11.6. The standard InChI is InChI=1S/C18H19N3O2S2/c1-12(2)17-11-24-18(20-17)21-25(22,23)14-9-7-13(8-10-14)15-5-3-4-6-16(15)19/h3-12H,19H2,1-2H3,(H,20,21). The maximum absolute atomic E-state index is 12.5. The van der Waals surface area contributed by atoms with Gasteiger partial charge in [0.15, 0.2) is 5.13 Å². The number of nitrogens with one attached hydrogen (secondary N) is 1. The van der Waals surface area contributed by atoms with Gasteiger partial charge in [0.05, 0.1) is 10.6 Å². The molecule has 1 heterocycles. The van der Waals surface area contributed by atoms with Crippen molar-refractivity contribution in [2.45, 2.75) is 24.7 Å². The zero-order valence-corrected chi connectivity index (χ0v) is 15.6. The van der Waals surface area contributed by atoms with E-state index in [1.807, 2.05) is 43.5 Å². The van der Waals surface area contributed by atoms with E-state index in [2.05, 4.69) is 9.71 Å². The van der Waals surface area contributed by atoms with Crippen LogP contribution in [0.25, 0.3) is 11.1 Å². The average molecular weight is 374 g/mol. The summed E-state index contributed by atoms with van der Waals surface area (Å²) in [5, 5.41) is 2.24. The number of nitrogen functional groups attached to an aromatic ring is 1. The molecular weight excluding hydrogens is 354 g/mol. The van der Waals surface area contributed by atoms with Gasteiger partial charge in [-0.15, -0.1) is 11.3 Å². The molecule has 0 aliphatic rings. The molecule has 130 valence electrons. The lowest BCUT2D eigenvalue weighted by molar-refractivity contribution is 0.601. The molecular formula is C18H19N3O2S2. The lowest BCUT2D eigenvalue weighted by atomic mass is 10.0. The van der Waals surface area contributed by atoms with Gasteiger partial charge in [0, 0.05) is 16.6 Å². The Labute approximate surface area is 151 Å². The summed E-state index contributed by atoms with van der Waals surface area (Å²) in [5.41, 5.74) is 9.24. The van der Waals surface area contributed by atoms with E-state index in [9.17, 15) is 8.42 Å². The van der Waals surface area contributed by atoms with Crippen LogP contribution in [-0.2, 0) is 10.0 Å². The van der Waals surface area contributed by atoms with Gasteiger partial charge in [-0.2, -0.15) is 0 Å². The zero-order chi connectivity index (χ0) is 18.0. The molecule has 0 bridgehead atoms. The first-order valence-corrected chi connectivity index (χ1v) is 10.2. The molecule has 0 aliphatic carbocycles. The molecule has 7 heteroatoms. The van der Waals surface area contributed by atoms with Crippen LogP contribution in [0.5, 0.6) is 0 Å². The number of anilines is 2. The third kappa shape index (κ3) is 3.83. The van der Waals surface area contributed by atoms with Gasteiger partial charge >= 0.3 is 0 Å². The van der Waals surface area contributed by atoms with E-state index >= 15 is 0 Å². The van der Waals surface area contributed by atoms with Crippen molar-refractivity contribution >= 4 is 32.2 Å². The van der Waals surface area contributed by atoms with Gasteiger partial charge in [-0.05, 0) is 29.7 Å². The summed E-state index contributed by atoms with van der Waals surface area (Å²) in [6.07, 6.45) is 0. The van der Waals surface area contributed by atoms with Crippen molar-refractivity contribution in [2.24, 2.45) is 0 Å². The molecule has 3 aromatic rings. The second-order valence-corrected chi connectivity index (χ2v) is 8.49. The van der Waals surface area contributed by atoms with Crippen LogP contribution in [0, 0.1) is 0 Å². The first-order chi connectivity index (χ1) is 11.9. The highest BCUT2D eigenvalue weighted by atomic mass is 32.2. The number of benzene rings is 2. The zero-order valence-electron chi connectivity index (χ0n) is 13.9. The molecule has 2 aromatic carbocycles. The number of nitrogens with two attached hydrogens (primary N) is 1. The van der Waals surface area contributed by atoms with Gasteiger partial charge in [0.25, 0.3) is 10.0 Å². The number of rotatable bonds is 5. The summed E-state index contributed by atoms with van der Waals surface area (Å²) in [7, 11) is -3.67. The summed E-state index contributed by atoms with van der Waals surface area (Å²) in [5.74, 6) is 0.255. The lowest BCUT2D eigenvalue weighted by Gasteiger charge is -2.08. The highest BCUT2D eigenvalue weighted by molar-refractivity contribution is 7.93. The van der Waals surface area contributed by atoms with Crippen LogP contribution in [-0.4, -0.2) is 13.4 Å². The molecule has 0 unspecified atom stereocenters. The SMILES string of the molecule is CC(C)c1csc(NS(=O)(=O)c2ccc(-c3ccccc3N)cc2)n1. The Morgan fingerprint density at radius 1 is 1.08 bits per heavy atom. The van der Waals surface area contributed by atoms with E-state index < -0.39 is 10.0 Å². The Bertz CT molecular complexity index is 978. The number of thiazole rings is 1. The Balaban J connectivity index is 1.84. The fourth-order valence-electron chi connectivity index (χ4n) is 2.35. The van der Waals surface area contributed by atoms with Crippen LogP contribution >= 0.6 is 11.3 Å². The van der Waals surface area contributed by atoms with E-state index in [0.717, 1.165) is 16.8 Å². The van der Waals surface area contributed by atoms with Crippen LogP contribution in [0.1, 0.15) is 25.5 Å². The quantitative estimate of drug-likeness (QED) is 0.652. The van der Waals surface area contributed by atoms with Crippen molar-refractivity contribution in [1.82, 2.24) is 4.98 Å². The maximum Gasteiger partial charge on any atom is 0.263 e. The Morgan fingerprint density at radius 2 is 1.76 bits per heavy atom. The lowest BCUT2D eigenvalue weighted by Crippen LogP contribution is -2.12. The molecule has 0 fully saturated rings. The topological polar surface area (TPSA) is 85.1 Å². The van der Waals surface area contributed by atoms with Gasteiger partial charge in [-0.1, -0.05) is 44.2 Å². The van der Waals surface area contributed by atoms with E-state index in [4.69, 9.17) is 5.73 Å². The minimum atomic E-state index is -3.67. The summed E-state index contributed by atoms with van der Waals surface area (Å²) in [4.78, 5) is 4.50. The molecule has 0 amide bonds. The first-order valence-electron chi connectivity index (χ1n) is 7.80. The molecule has 0 aliphatic heterocycles. The third-order valence-corrected chi connectivity index (χ3v) is 6.03. The van der Waals surface area contributed by atoms with Crippen molar-refractivity contribution in [3.05, 3.63) is 59.6 Å². The summed E-state index contributed by atoms with van der Waals surface area (Å²) >= 11 is 1.28. The summed E-state index contributed by atoms with van der Waals surface area (Å²) in [6, 6.07) is 14.1. The minimum Gasteiger partial charge on any atom is -0.398 e. The number of hydrogen-bond acceptors (Lipinski definition) is 5. The number of nitrogens with zero attached hydrogens (tertiary/aromatic N) is 1. The van der Waals surface area contributed by atoms with Crippen LogP contribution in [0.2, 0.25) is 0 Å². The smallest absolute Gasteiger partial charge is 0.263 e. The van der Waals surface area contributed by atoms with Crippen molar-refractivity contribution in [3.8, 4) is 11.1 Å². The highest BCUT2D eigenvalue weighted by Gasteiger charge is 2.17. The average Bonchev–Trinajstić information content (AvgIpc) is 3.03. The van der Waals surface area contributed by atoms with E-state index in [0.29, 0.717) is 10.8 Å². The predicted molar refractivity (Wildman–Crippen MR) is 103 cm³/mol. The maximum atomic E-state index is 12.5. The fraction of sp³-hybridized carbons (Fsp3) is 0.167. The molecule has 5 nitrogen and oxygen atoms in total. The highest BCUT2D eigenvalue weighted by Crippen LogP contribution is 2.28. The molecule has 3 N–H and O–H groups in total. The molecule has 0 spiro atoms. The number of aromatic nitrogens is 1. The van der Waals surface area contributed by atoms with E-state index in [-0.39, 0.29) is 10.8 Å². The summed E-state index contributed by atoms with van der Waals surface area (Å²) in [6.45, 7) is 4.03. The van der Waals surface area contributed by atoms with Crippen LogP contribution < -0.4 is 10.5 Å². The van der Waals surface area contributed by atoms with Gasteiger partial charge in [0.2, 0.25) is 0 Å². The van der Waals surface area contributed by atoms with Gasteiger partial charge < -0.3 is 5.73 Å². The van der Waals surface area contributed by atoms with Gasteiger partial charge in [-0.25, -0.2) is 13.4 Å². The molecule has 25 heavy (non-hydrogen) atoms. The Kier molecular flexibility index (Phi) is 4.78. The molecule has 3 rings (SSSR count). The van der Waals surface area contributed by atoms with Crippen LogP contribution in [0.4, 0.5) is 10.8 Å². The van der Waals surface area contributed by atoms with Crippen molar-refractivity contribution < 1.29 is 8.42 Å². The second-order valence-electron chi connectivity index (χ2n) is 5.95. The summed E-state index contributed by atoms with van der Waals surface area (Å²) < 4.78 is 27.6. The number of sulfonamides is 1. The molecule has 0 saturated heterocycles. The minimum absolute atomic E-state index is 0.187. The van der Waals surface area contributed by atoms with E-state index in [1.165, 1.54) is 11.3 Å². The van der Waals surface area contributed by atoms with E-state index in [1.54, 1.807) is 24.3 Å². The fourth-order valence-corrected chi connectivity index (χ4v) is 4.47. The van der Waals surface area contributed by atoms with Crippen molar-refractivity contribution in [1.29, 1.82) is 0 Å². The Morgan fingerprint density at radius 3 is 2.36 bits per heavy atom. The Hall–Kier alpha value is -2.38. The van der Waals surface area contributed by atoms with Gasteiger partial charge in [-0.3, -0.25) is 4.72 Å². The predicted octanol–water partition coefficient (Wildman–Crippen LogP) is 4.32. The third-order valence-electron chi connectivity index (χ3n) is 3.77. The largest absolute Gasteiger partial charge is 0.398 e. The molecule has 1 aromatic heterocycles. The number of para-hydroxylation sites is 1. The van der Waals surface area contributed by atoms with Crippen molar-refractivity contribution in [2.75, 3.05) is 10.5 Å². The number of hydrogen-bond donors (Lipinski definition) is 2. The monoisotopic (exact) mass is 373 g/mol. The van der Waals surface area contributed by atoms with Crippen LogP contribution in [0.15, 0.2) is 58.8 Å². The molecule has 0 saturated carbocycles. The second kappa shape index (κ2) is 6.85. The molecule has 0 radical (unpaired) electrons.